The standard InChI is InChI=1S/C14H27NO3/c1-4-14(5-2,13(16)17)11-15-9-7-12(8-10-15)18-6-3/h12H,4-11H2,1-3H3,(H,16,17). The number of carbonyl (C=O) groups is 1. The Morgan fingerprint density at radius 2 is 1.83 bits per heavy atom. The van der Waals surface area contributed by atoms with E-state index in [1.54, 1.807) is 0 Å². The lowest BCUT2D eigenvalue weighted by Crippen LogP contribution is -2.46. The molecule has 0 aliphatic carbocycles. The van der Waals surface area contributed by atoms with Crippen molar-refractivity contribution < 1.29 is 14.6 Å². The summed E-state index contributed by atoms with van der Waals surface area (Å²) >= 11 is 0. The third-order valence-electron chi connectivity index (χ3n) is 4.27. The van der Waals surface area contributed by atoms with Crippen LogP contribution in [-0.4, -0.2) is 48.3 Å². The number of hydrogen-bond donors (Lipinski definition) is 1. The minimum absolute atomic E-state index is 0.369. The van der Waals surface area contributed by atoms with Crippen molar-refractivity contribution in [3.63, 3.8) is 0 Å². The molecule has 0 spiro atoms. The second kappa shape index (κ2) is 7.10. The molecule has 0 unspecified atom stereocenters. The van der Waals surface area contributed by atoms with Gasteiger partial charge in [-0.25, -0.2) is 0 Å². The predicted molar refractivity (Wildman–Crippen MR) is 71.7 cm³/mol. The van der Waals surface area contributed by atoms with E-state index in [-0.39, 0.29) is 0 Å². The molecule has 4 nitrogen and oxygen atoms in total. The average Bonchev–Trinajstić information content (AvgIpc) is 2.38. The summed E-state index contributed by atoms with van der Waals surface area (Å²) < 4.78 is 5.62. The van der Waals surface area contributed by atoms with Gasteiger partial charge in [-0.3, -0.25) is 4.79 Å². The number of ether oxygens (including phenoxy) is 1. The Balaban J connectivity index is 2.50. The monoisotopic (exact) mass is 257 g/mol. The first-order valence-corrected chi connectivity index (χ1v) is 7.15. The summed E-state index contributed by atoms with van der Waals surface area (Å²) in [4.78, 5) is 13.8. The molecular weight excluding hydrogens is 230 g/mol. The van der Waals surface area contributed by atoms with Crippen LogP contribution in [0.1, 0.15) is 46.5 Å². The van der Waals surface area contributed by atoms with Gasteiger partial charge in [0.15, 0.2) is 0 Å². The quantitative estimate of drug-likeness (QED) is 0.760. The van der Waals surface area contributed by atoms with Gasteiger partial charge in [0.2, 0.25) is 0 Å². The molecule has 0 saturated carbocycles. The molecule has 1 aliphatic rings. The number of carboxylic acids is 1. The third-order valence-corrected chi connectivity index (χ3v) is 4.27. The summed E-state index contributed by atoms with van der Waals surface area (Å²) in [7, 11) is 0. The average molecular weight is 257 g/mol. The number of rotatable bonds is 7. The van der Waals surface area contributed by atoms with Gasteiger partial charge in [0, 0.05) is 26.2 Å². The van der Waals surface area contributed by atoms with Crippen LogP contribution in [-0.2, 0) is 9.53 Å². The zero-order valence-corrected chi connectivity index (χ0v) is 11.9. The number of carboxylic acid groups (broad SMARTS) is 1. The second-order valence-electron chi connectivity index (χ2n) is 5.22. The lowest BCUT2D eigenvalue weighted by atomic mass is 9.81. The molecule has 0 amide bonds. The van der Waals surface area contributed by atoms with Crippen molar-refractivity contribution in [1.29, 1.82) is 0 Å². The molecule has 1 aliphatic heterocycles. The van der Waals surface area contributed by atoms with E-state index in [9.17, 15) is 9.90 Å². The molecule has 4 heteroatoms. The molecule has 1 saturated heterocycles. The summed E-state index contributed by atoms with van der Waals surface area (Å²) in [6.45, 7) is 9.34. The van der Waals surface area contributed by atoms with Crippen molar-refractivity contribution in [2.75, 3.05) is 26.2 Å². The second-order valence-corrected chi connectivity index (χ2v) is 5.22. The summed E-state index contributed by atoms with van der Waals surface area (Å²) in [5, 5.41) is 9.44. The van der Waals surface area contributed by atoms with Crippen molar-refractivity contribution in [3.8, 4) is 0 Å². The van der Waals surface area contributed by atoms with Crippen LogP contribution >= 0.6 is 0 Å². The first kappa shape index (κ1) is 15.4. The van der Waals surface area contributed by atoms with E-state index in [2.05, 4.69) is 4.90 Å². The number of nitrogens with zero attached hydrogens (tertiary/aromatic N) is 1. The fourth-order valence-corrected chi connectivity index (χ4v) is 2.74. The number of aliphatic carboxylic acids is 1. The molecule has 0 aromatic heterocycles. The first-order valence-electron chi connectivity index (χ1n) is 7.15. The molecule has 0 aromatic rings. The van der Waals surface area contributed by atoms with Gasteiger partial charge in [-0.2, -0.15) is 0 Å². The van der Waals surface area contributed by atoms with E-state index in [4.69, 9.17) is 4.74 Å². The Kier molecular flexibility index (Phi) is 6.09. The summed E-state index contributed by atoms with van der Waals surface area (Å²) in [5.74, 6) is -0.653. The highest BCUT2D eigenvalue weighted by atomic mass is 16.5. The topological polar surface area (TPSA) is 49.8 Å². The van der Waals surface area contributed by atoms with Gasteiger partial charge in [-0.1, -0.05) is 13.8 Å². The Morgan fingerprint density at radius 3 is 2.22 bits per heavy atom. The van der Waals surface area contributed by atoms with Crippen LogP contribution < -0.4 is 0 Å². The van der Waals surface area contributed by atoms with Gasteiger partial charge in [-0.05, 0) is 32.6 Å². The van der Waals surface area contributed by atoms with Crippen molar-refractivity contribution in [1.82, 2.24) is 4.90 Å². The van der Waals surface area contributed by atoms with Crippen molar-refractivity contribution in [2.24, 2.45) is 5.41 Å². The van der Waals surface area contributed by atoms with Crippen molar-refractivity contribution >= 4 is 5.97 Å². The van der Waals surface area contributed by atoms with Gasteiger partial charge < -0.3 is 14.7 Å². The molecule has 1 fully saturated rings. The van der Waals surface area contributed by atoms with Crippen molar-refractivity contribution in [2.45, 2.75) is 52.6 Å². The SMILES string of the molecule is CCOC1CCN(CC(CC)(CC)C(=O)O)CC1. The maximum absolute atomic E-state index is 11.5. The Labute approximate surface area is 110 Å². The van der Waals surface area contributed by atoms with Crippen LogP contribution in [0.5, 0.6) is 0 Å². The summed E-state index contributed by atoms with van der Waals surface area (Å²) in [6, 6.07) is 0. The highest BCUT2D eigenvalue weighted by Crippen LogP contribution is 2.29. The highest BCUT2D eigenvalue weighted by molar-refractivity contribution is 5.74. The zero-order chi connectivity index (χ0) is 13.6. The smallest absolute Gasteiger partial charge is 0.310 e. The van der Waals surface area contributed by atoms with Gasteiger partial charge in [0.1, 0.15) is 0 Å². The van der Waals surface area contributed by atoms with Gasteiger partial charge in [0.05, 0.1) is 11.5 Å². The van der Waals surface area contributed by atoms with E-state index in [0.717, 1.165) is 32.5 Å². The fourth-order valence-electron chi connectivity index (χ4n) is 2.74. The van der Waals surface area contributed by atoms with E-state index >= 15 is 0 Å². The van der Waals surface area contributed by atoms with Crippen LogP contribution in [0.2, 0.25) is 0 Å². The molecule has 0 atom stereocenters. The highest BCUT2D eigenvalue weighted by Gasteiger charge is 2.37. The fraction of sp³-hybridized carbons (Fsp3) is 0.929. The van der Waals surface area contributed by atoms with Crippen LogP contribution in [0.15, 0.2) is 0 Å². The van der Waals surface area contributed by atoms with Crippen molar-refractivity contribution in [3.05, 3.63) is 0 Å². The summed E-state index contributed by atoms with van der Waals surface area (Å²) in [5.41, 5.74) is -0.571. The Bertz CT molecular complexity index is 256. The third kappa shape index (κ3) is 3.69. The molecule has 106 valence electrons. The van der Waals surface area contributed by atoms with E-state index in [1.807, 2.05) is 20.8 Å². The molecular formula is C14H27NO3. The van der Waals surface area contributed by atoms with E-state index < -0.39 is 11.4 Å². The Morgan fingerprint density at radius 1 is 1.28 bits per heavy atom. The summed E-state index contributed by atoms with van der Waals surface area (Å²) in [6.07, 6.45) is 3.82. The Hall–Kier alpha value is -0.610. The molecule has 1 N–H and O–H groups in total. The first-order chi connectivity index (χ1) is 8.57. The van der Waals surface area contributed by atoms with Gasteiger partial charge >= 0.3 is 5.97 Å². The molecule has 1 heterocycles. The predicted octanol–water partition coefficient (Wildman–Crippen LogP) is 2.38. The van der Waals surface area contributed by atoms with Crippen LogP contribution in [0, 0.1) is 5.41 Å². The minimum atomic E-state index is -0.653. The largest absolute Gasteiger partial charge is 0.481 e. The molecule has 0 radical (unpaired) electrons. The lowest BCUT2D eigenvalue weighted by molar-refractivity contribution is -0.151. The molecule has 1 rings (SSSR count). The van der Waals surface area contributed by atoms with Crippen LogP contribution in [0.25, 0.3) is 0 Å². The maximum atomic E-state index is 11.5. The van der Waals surface area contributed by atoms with Gasteiger partial charge in [0.25, 0.3) is 0 Å². The van der Waals surface area contributed by atoms with E-state index in [0.29, 0.717) is 25.5 Å². The van der Waals surface area contributed by atoms with E-state index in [1.165, 1.54) is 0 Å². The van der Waals surface area contributed by atoms with Gasteiger partial charge in [-0.15, -0.1) is 0 Å². The normalized spacial score (nSPS) is 19.1. The number of piperidine rings is 1. The minimum Gasteiger partial charge on any atom is -0.481 e. The van der Waals surface area contributed by atoms with Crippen LogP contribution in [0.4, 0.5) is 0 Å². The zero-order valence-electron chi connectivity index (χ0n) is 11.9. The number of likely N-dealkylation sites (tertiary alicyclic amines) is 1. The molecule has 18 heavy (non-hydrogen) atoms. The van der Waals surface area contributed by atoms with Crippen LogP contribution in [0.3, 0.4) is 0 Å². The maximum Gasteiger partial charge on any atom is 0.310 e. The number of hydrogen-bond acceptors (Lipinski definition) is 3. The lowest BCUT2D eigenvalue weighted by Gasteiger charge is -2.37. The molecule has 0 aromatic carbocycles. The molecule has 0 bridgehead atoms.